The van der Waals surface area contributed by atoms with Crippen molar-refractivity contribution in [3.05, 3.63) is 20.8 Å². The fraction of sp³-hybridized carbons (Fsp3) is 0.500. The molecule has 2 nitrogen and oxygen atoms in total. The van der Waals surface area contributed by atoms with Crippen LogP contribution in [0.5, 0.6) is 0 Å². The largest absolute Gasteiger partial charge is 0.381 e. The van der Waals surface area contributed by atoms with Gasteiger partial charge in [0.05, 0.1) is 10.5 Å². The maximum Gasteiger partial charge on any atom is 0.0954 e. The summed E-state index contributed by atoms with van der Waals surface area (Å²) in [7, 11) is 1.91. The molecule has 0 aliphatic heterocycles. The second kappa shape index (κ2) is 4.97. The number of thiophene rings is 1. The molecule has 0 unspecified atom stereocenters. The van der Waals surface area contributed by atoms with Gasteiger partial charge in [0.1, 0.15) is 0 Å². The fourth-order valence-corrected chi connectivity index (χ4v) is 2.33. The van der Waals surface area contributed by atoms with Gasteiger partial charge in [-0.15, -0.1) is 11.3 Å². The number of aliphatic hydroxyl groups is 1. The van der Waals surface area contributed by atoms with Crippen LogP contribution in [0.1, 0.15) is 4.88 Å². The van der Waals surface area contributed by atoms with Crippen molar-refractivity contribution in [1.29, 1.82) is 0 Å². The summed E-state index contributed by atoms with van der Waals surface area (Å²) in [6, 6.07) is 4.17. The highest BCUT2D eigenvalue weighted by atomic mass is 79.9. The Hall–Kier alpha value is 0.1000. The number of halogens is 1. The standard InChI is InChI=1S/C8H12BrNOS/c1-10(6-11)5-4-7-2-3-8(9)12-7/h2-3,11H,4-6H2,1H3. The number of nitrogens with zero attached hydrogens (tertiary/aromatic N) is 1. The minimum atomic E-state index is 0.131. The lowest BCUT2D eigenvalue weighted by atomic mass is 10.3. The third-order valence-electron chi connectivity index (χ3n) is 1.61. The minimum Gasteiger partial charge on any atom is -0.381 e. The summed E-state index contributed by atoms with van der Waals surface area (Å²) < 4.78 is 1.17. The number of hydrogen-bond donors (Lipinski definition) is 1. The van der Waals surface area contributed by atoms with Gasteiger partial charge < -0.3 is 5.11 Å². The summed E-state index contributed by atoms with van der Waals surface area (Å²) in [6.45, 7) is 1.04. The first-order chi connectivity index (χ1) is 5.72. The van der Waals surface area contributed by atoms with Crippen molar-refractivity contribution in [2.45, 2.75) is 6.42 Å². The Kier molecular flexibility index (Phi) is 4.21. The van der Waals surface area contributed by atoms with E-state index in [0.29, 0.717) is 0 Å². The zero-order valence-electron chi connectivity index (χ0n) is 6.96. The van der Waals surface area contributed by atoms with E-state index in [0.717, 1.165) is 13.0 Å². The van der Waals surface area contributed by atoms with Gasteiger partial charge in [-0.1, -0.05) is 0 Å². The predicted octanol–water partition coefficient (Wildman–Crippen LogP) is 1.93. The Morgan fingerprint density at radius 2 is 2.33 bits per heavy atom. The molecule has 0 atom stereocenters. The number of hydrogen-bond acceptors (Lipinski definition) is 3. The van der Waals surface area contributed by atoms with Gasteiger partial charge in [-0.3, -0.25) is 4.90 Å². The van der Waals surface area contributed by atoms with Crippen LogP contribution in [0.2, 0.25) is 0 Å². The Labute approximate surface area is 85.0 Å². The molecule has 12 heavy (non-hydrogen) atoms. The Morgan fingerprint density at radius 3 is 2.83 bits per heavy atom. The van der Waals surface area contributed by atoms with Crippen LogP contribution in [-0.2, 0) is 6.42 Å². The van der Waals surface area contributed by atoms with E-state index in [1.165, 1.54) is 8.66 Å². The Balaban J connectivity index is 2.33. The topological polar surface area (TPSA) is 23.5 Å². The summed E-state index contributed by atoms with van der Waals surface area (Å²) >= 11 is 5.16. The van der Waals surface area contributed by atoms with Crippen LogP contribution < -0.4 is 0 Å². The summed E-state index contributed by atoms with van der Waals surface area (Å²) in [5.74, 6) is 0. The van der Waals surface area contributed by atoms with Crippen molar-refractivity contribution in [1.82, 2.24) is 4.90 Å². The van der Waals surface area contributed by atoms with Gasteiger partial charge in [0.2, 0.25) is 0 Å². The molecule has 0 fully saturated rings. The highest BCUT2D eigenvalue weighted by Crippen LogP contribution is 2.22. The molecule has 0 saturated heterocycles. The van der Waals surface area contributed by atoms with E-state index in [1.54, 1.807) is 11.3 Å². The van der Waals surface area contributed by atoms with E-state index in [4.69, 9.17) is 5.11 Å². The molecule has 0 radical (unpaired) electrons. The highest BCUT2D eigenvalue weighted by Gasteiger charge is 1.99. The summed E-state index contributed by atoms with van der Waals surface area (Å²) in [4.78, 5) is 3.23. The predicted molar refractivity (Wildman–Crippen MR) is 55.4 cm³/mol. The lowest BCUT2D eigenvalue weighted by molar-refractivity contribution is 0.134. The van der Waals surface area contributed by atoms with Gasteiger partial charge in [0, 0.05) is 11.4 Å². The molecule has 4 heteroatoms. The quantitative estimate of drug-likeness (QED) is 0.825. The van der Waals surface area contributed by atoms with Gasteiger partial charge in [0.15, 0.2) is 0 Å². The summed E-state index contributed by atoms with van der Waals surface area (Å²) in [6.07, 6.45) is 1.01. The van der Waals surface area contributed by atoms with Gasteiger partial charge >= 0.3 is 0 Å². The van der Waals surface area contributed by atoms with Gasteiger partial charge in [0.25, 0.3) is 0 Å². The Morgan fingerprint density at radius 1 is 1.58 bits per heavy atom. The van der Waals surface area contributed by atoms with Crippen LogP contribution in [0.15, 0.2) is 15.9 Å². The van der Waals surface area contributed by atoms with Crippen LogP contribution in [0, 0.1) is 0 Å². The molecule has 0 saturated carbocycles. The molecule has 1 aromatic rings. The first-order valence-corrected chi connectivity index (χ1v) is 5.37. The molecule has 0 aliphatic carbocycles. The molecule has 0 aromatic carbocycles. The van der Waals surface area contributed by atoms with Crippen molar-refractivity contribution < 1.29 is 5.11 Å². The molecule has 1 heterocycles. The molecule has 0 bridgehead atoms. The van der Waals surface area contributed by atoms with E-state index in [-0.39, 0.29) is 6.73 Å². The second-order valence-electron chi connectivity index (χ2n) is 2.68. The zero-order chi connectivity index (χ0) is 8.97. The van der Waals surface area contributed by atoms with Crippen LogP contribution in [0.25, 0.3) is 0 Å². The highest BCUT2D eigenvalue weighted by molar-refractivity contribution is 9.11. The molecule has 0 amide bonds. The average Bonchev–Trinajstić information content (AvgIpc) is 2.47. The lowest BCUT2D eigenvalue weighted by Crippen LogP contribution is -2.21. The normalized spacial score (nSPS) is 11.0. The zero-order valence-corrected chi connectivity index (χ0v) is 9.36. The maximum absolute atomic E-state index is 8.74. The number of likely N-dealkylation sites (N-methyl/N-ethyl adjacent to an activating group) is 1. The molecule has 1 N–H and O–H groups in total. The maximum atomic E-state index is 8.74. The van der Waals surface area contributed by atoms with Crippen molar-refractivity contribution in [2.75, 3.05) is 20.3 Å². The first-order valence-electron chi connectivity index (χ1n) is 3.76. The molecule has 1 aromatic heterocycles. The van der Waals surface area contributed by atoms with Crippen molar-refractivity contribution >= 4 is 27.3 Å². The van der Waals surface area contributed by atoms with Crippen LogP contribution in [0.4, 0.5) is 0 Å². The summed E-state index contributed by atoms with van der Waals surface area (Å²) in [5, 5.41) is 8.74. The second-order valence-corrected chi connectivity index (χ2v) is 5.22. The smallest absolute Gasteiger partial charge is 0.0954 e. The van der Waals surface area contributed by atoms with Crippen molar-refractivity contribution in [3.8, 4) is 0 Å². The fourth-order valence-electron chi connectivity index (χ4n) is 0.858. The van der Waals surface area contributed by atoms with Crippen molar-refractivity contribution in [2.24, 2.45) is 0 Å². The van der Waals surface area contributed by atoms with E-state index >= 15 is 0 Å². The first kappa shape index (κ1) is 10.2. The molecule has 0 aliphatic rings. The SMILES string of the molecule is CN(CO)CCc1ccc(Br)s1. The lowest BCUT2D eigenvalue weighted by Gasteiger charge is -2.10. The van der Waals surface area contributed by atoms with Crippen LogP contribution in [0.3, 0.4) is 0 Å². The van der Waals surface area contributed by atoms with Crippen molar-refractivity contribution in [3.63, 3.8) is 0 Å². The third kappa shape index (κ3) is 3.23. The number of rotatable bonds is 4. The molecular formula is C8H12BrNOS. The average molecular weight is 250 g/mol. The van der Waals surface area contributed by atoms with Gasteiger partial charge in [-0.05, 0) is 41.5 Å². The minimum absolute atomic E-state index is 0.131. The third-order valence-corrected chi connectivity index (χ3v) is 3.29. The Bertz CT molecular complexity index is 239. The van der Waals surface area contributed by atoms with Gasteiger partial charge in [-0.2, -0.15) is 0 Å². The van der Waals surface area contributed by atoms with Crippen LogP contribution >= 0.6 is 27.3 Å². The molecular weight excluding hydrogens is 238 g/mol. The van der Waals surface area contributed by atoms with E-state index in [9.17, 15) is 0 Å². The van der Waals surface area contributed by atoms with E-state index in [2.05, 4.69) is 28.1 Å². The molecule has 0 spiro atoms. The van der Waals surface area contributed by atoms with Crippen LogP contribution in [-0.4, -0.2) is 30.3 Å². The molecule has 68 valence electrons. The van der Waals surface area contributed by atoms with E-state index < -0.39 is 0 Å². The summed E-state index contributed by atoms with van der Waals surface area (Å²) in [5.41, 5.74) is 0. The van der Waals surface area contributed by atoms with E-state index in [1.807, 2.05) is 11.9 Å². The monoisotopic (exact) mass is 249 g/mol. The number of aliphatic hydroxyl groups excluding tert-OH is 1. The van der Waals surface area contributed by atoms with Gasteiger partial charge in [-0.25, -0.2) is 0 Å². The molecule has 1 rings (SSSR count).